The number of aliphatic carboxylic acids is 1. The molecule has 0 spiro atoms. The predicted molar refractivity (Wildman–Crippen MR) is 60.0 cm³/mol. The van der Waals surface area contributed by atoms with Gasteiger partial charge in [0, 0.05) is 6.20 Å². The number of sulfonamides is 1. The average molecular weight is 261 g/mol. The number of carboxylic acid groups (broad SMARTS) is 1. The fourth-order valence-electron chi connectivity index (χ4n) is 1.05. The lowest BCUT2D eigenvalue weighted by Crippen LogP contribution is -2.29. The van der Waals surface area contributed by atoms with E-state index in [1.165, 1.54) is 17.1 Å². The van der Waals surface area contributed by atoms with E-state index in [0.29, 0.717) is 0 Å². The summed E-state index contributed by atoms with van der Waals surface area (Å²) >= 11 is 0. The molecule has 8 heteroatoms. The van der Waals surface area contributed by atoms with Crippen molar-refractivity contribution in [2.45, 2.75) is 31.2 Å². The highest BCUT2D eigenvalue weighted by Gasteiger charge is 2.21. The maximum absolute atomic E-state index is 11.6. The second-order valence-electron chi connectivity index (χ2n) is 4.51. The second kappa shape index (κ2) is 4.46. The number of aromatic nitrogens is 2. The topological polar surface area (TPSA) is 101 Å². The van der Waals surface area contributed by atoms with Crippen LogP contribution in [0.2, 0.25) is 0 Å². The third kappa shape index (κ3) is 3.53. The van der Waals surface area contributed by atoms with Gasteiger partial charge in [0.1, 0.15) is 11.4 Å². The van der Waals surface area contributed by atoms with Gasteiger partial charge in [-0.2, -0.15) is 9.82 Å². The van der Waals surface area contributed by atoms with Crippen molar-refractivity contribution in [3.8, 4) is 0 Å². The van der Waals surface area contributed by atoms with Gasteiger partial charge in [-0.3, -0.25) is 9.48 Å². The molecule has 7 nitrogen and oxygen atoms in total. The van der Waals surface area contributed by atoms with Gasteiger partial charge in [-0.05, 0) is 20.8 Å². The molecule has 0 saturated heterocycles. The van der Waals surface area contributed by atoms with E-state index in [1.807, 2.05) is 25.5 Å². The molecular formula is C9H15N3O4S. The highest BCUT2D eigenvalue weighted by Crippen LogP contribution is 2.15. The molecule has 0 atom stereocenters. The Morgan fingerprint density at radius 1 is 1.53 bits per heavy atom. The molecule has 0 unspecified atom stereocenters. The van der Waals surface area contributed by atoms with Crippen molar-refractivity contribution in [3.05, 3.63) is 12.4 Å². The molecule has 2 N–H and O–H groups in total. The summed E-state index contributed by atoms with van der Waals surface area (Å²) in [4.78, 5) is 10.2. The van der Waals surface area contributed by atoms with Crippen molar-refractivity contribution >= 4 is 16.0 Å². The fourth-order valence-corrected chi connectivity index (χ4v) is 1.96. The summed E-state index contributed by atoms with van der Waals surface area (Å²) < 4.78 is 26.8. The summed E-state index contributed by atoms with van der Waals surface area (Å²) in [5.74, 6) is -1.24. The lowest BCUT2D eigenvalue weighted by atomic mass is 10.1. The normalized spacial score (nSPS) is 12.6. The van der Waals surface area contributed by atoms with Gasteiger partial charge >= 0.3 is 5.97 Å². The van der Waals surface area contributed by atoms with E-state index in [4.69, 9.17) is 5.11 Å². The van der Waals surface area contributed by atoms with Gasteiger partial charge in [0.05, 0.1) is 11.7 Å². The van der Waals surface area contributed by atoms with Gasteiger partial charge in [0.2, 0.25) is 10.0 Å². The van der Waals surface area contributed by atoms with Gasteiger partial charge in [0.25, 0.3) is 0 Å². The first-order valence-corrected chi connectivity index (χ1v) is 6.38. The van der Waals surface area contributed by atoms with Crippen LogP contribution in [0.15, 0.2) is 17.3 Å². The molecule has 0 amide bonds. The van der Waals surface area contributed by atoms with Gasteiger partial charge in [-0.25, -0.2) is 8.42 Å². The van der Waals surface area contributed by atoms with Crippen LogP contribution in [0.5, 0.6) is 0 Å². The first kappa shape index (κ1) is 13.7. The fraction of sp³-hybridized carbons (Fsp3) is 0.556. The molecule has 1 rings (SSSR count). The minimum atomic E-state index is -3.81. The van der Waals surface area contributed by atoms with Crippen molar-refractivity contribution in [2.24, 2.45) is 0 Å². The number of carboxylic acids is 1. The molecule has 0 aliphatic carbocycles. The Balaban J connectivity index is 2.93. The predicted octanol–water partition coefficient (Wildman–Crippen LogP) is 0.00100. The van der Waals surface area contributed by atoms with Crippen molar-refractivity contribution < 1.29 is 18.3 Å². The van der Waals surface area contributed by atoms with E-state index < -0.39 is 22.5 Å². The second-order valence-corrected chi connectivity index (χ2v) is 6.28. The lowest BCUT2D eigenvalue weighted by molar-refractivity contribution is -0.135. The van der Waals surface area contributed by atoms with Crippen molar-refractivity contribution in [3.63, 3.8) is 0 Å². The molecular weight excluding hydrogens is 246 g/mol. The maximum Gasteiger partial charge on any atom is 0.318 e. The average Bonchev–Trinajstić information content (AvgIpc) is 2.63. The summed E-state index contributed by atoms with van der Waals surface area (Å²) in [6.45, 7) is 4.98. The Kier molecular flexibility index (Phi) is 3.58. The number of hydrogen-bond acceptors (Lipinski definition) is 4. The van der Waals surface area contributed by atoms with Crippen LogP contribution in [0, 0.1) is 0 Å². The molecule has 0 saturated carbocycles. The summed E-state index contributed by atoms with van der Waals surface area (Å²) in [5.41, 5.74) is -0.333. The van der Waals surface area contributed by atoms with Gasteiger partial charge in [-0.1, -0.05) is 0 Å². The van der Waals surface area contributed by atoms with Crippen molar-refractivity contribution in [2.75, 3.05) is 6.54 Å². The molecule has 0 fully saturated rings. The van der Waals surface area contributed by atoms with Gasteiger partial charge in [-0.15, -0.1) is 0 Å². The van der Waals surface area contributed by atoms with E-state index in [9.17, 15) is 13.2 Å². The number of nitrogens with zero attached hydrogens (tertiary/aromatic N) is 2. The minimum absolute atomic E-state index is 0.0475. The molecule has 0 aromatic carbocycles. The summed E-state index contributed by atoms with van der Waals surface area (Å²) in [6.07, 6.45) is 2.56. The minimum Gasteiger partial charge on any atom is -0.480 e. The third-order valence-electron chi connectivity index (χ3n) is 1.97. The highest BCUT2D eigenvalue weighted by atomic mass is 32.2. The van der Waals surface area contributed by atoms with Crippen molar-refractivity contribution in [1.82, 2.24) is 14.5 Å². The number of carbonyl (C=O) groups is 1. The van der Waals surface area contributed by atoms with Crippen LogP contribution in [-0.4, -0.2) is 35.8 Å². The Morgan fingerprint density at radius 2 is 2.12 bits per heavy atom. The van der Waals surface area contributed by atoms with Crippen LogP contribution in [0.4, 0.5) is 0 Å². The zero-order valence-electron chi connectivity index (χ0n) is 9.84. The molecule has 1 aromatic rings. The van der Waals surface area contributed by atoms with Crippen LogP contribution in [0.25, 0.3) is 0 Å². The number of rotatable bonds is 4. The molecule has 0 bridgehead atoms. The Morgan fingerprint density at radius 3 is 2.53 bits per heavy atom. The van der Waals surface area contributed by atoms with Crippen LogP contribution in [0.1, 0.15) is 20.8 Å². The van der Waals surface area contributed by atoms with Gasteiger partial charge < -0.3 is 5.11 Å². The van der Waals surface area contributed by atoms with E-state index in [-0.39, 0.29) is 10.4 Å². The van der Waals surface area contributed by atoms with Crippen LogP contribution >= 0.6 is 0 Å². The Hall–Kier alpha value is -1.41. The maximum atomic E-state index is 11.6. The zero-order chi connectivity index (χ0) is 13.3. The summed E-state index contributed by atoms with van der Waals surface area (Å²) in [5, 5.41) is 12.3. The highest BCUT2D eigenvalue weighted by molar-refractivity contribution is 7.89. The third-order valence-corrected chi connectivity index (χ3v) is 3.33. The Bertz CT molecular complexity index is 513. The number of hydrogen-bond donors (Lipinski definition) is 2. The molecule has 0 aliphatic rings. The summed E-state index contributed by atoms with van der Waals surface area (Å²) in [6, 6.07) is 0. The van der Waals surface area contributed by atoms with Crippen LogP contribution < -0.4 is 4.72 Å². The molecule has 1 aromatic heterocycles. The first-order valence-electron chi connectivity index (χ1n) is 4.89. The molecule has 1 heterocycles. The van der Waals surface area contributed by atoms with E-state index in [2.05, 4.69) is 5.10 Å². The standard InChI is InChI=1S/C9H15N3O4S/c1-9(2,3)12-6-7(4-10-12)17(15,16)11-5-8(13)14/h4,6,11H,5H2,1-3H3,(H,13,14). The molecule has 96 valence electrons. The number of nitrogens with one attached hydrogen (secondary N) is 1. The lowest BCUT2D eigenvalue weighted by Gasteiger charge is -2.18. The zero-order valence-corrected chi connectivity index (χ0v) is 10.7. The van der Waals surface area contributed by atoms with Crippen LogP contribution in [-0.2, 0) is 20.4 Å². The van der Waals surface area contributed by atoms with E-state index in [1.54, 1.807) is 0 Å². The van der Waals surface area contributed by atoms with Crippen molar-refractivity contribution in [1.29, 1.82) is 0 Å². The Labute approximate surface area is 99.5 Å². The monoisotopic (exact) mass is 261 g/mol. The van der Waals surface area contributed by atoms with E-state index >= 15 is 0 Å². The SMILES string of the molecule is CC(C)(C)n1cc(S(=O)(=O)NCC(=O)O)cn1. The molecule has 0 radical (unpaired) electrons. The first-order chi connectivity index (χ1) is 7.63. The van der Waals surface area contributed by atoms with Gasteiger partial charge in [0.15, 0.2) is 0 Å². The van der Waals surface area contributed by atoms with E-state index in [0.717, 1.165) is 0 Å². The largest absolute Gasteiger partial charge is 0.480 e. The smallest absolute Gasteiger partial charge is 0.318 e. The molecule has 0 aliphatic heterocycles. The van der Waals surface area contributed by atoms with Crippen LogP contribution in [0.3, 0.4) is 0 Å². The molecule has 17 heavy (non-hydrogen) atoms. The quantitative estimate of drug-likeness (QED) is 0.794. The summed E-state index contributed by atoms with van der Waals surface area (Å²) in [7, 11) is -3.81.